The topological polar surface area (TPSA) is 72.9 Å². The molecule has 1 atom stereocenters. The summed E-state index contributed by atoms with van der Waals surface area (Å²) < 4.78 is 1.96. The number of benzene rings is 1. The maximum Gasteiger partial charge on any atom is 0.221 e. The molecular weight excluding hydrogens is 383 g/mol. The number of amides is 1. The van der Waals surface area contributed by atoms with Crippen molar-refractivity contribution in [3.05, 3.63) is 48.5 Å². The van der Waals surface area contributed by atoms with Crippen molar-refractivity contribution in [3.63, 3.8) is 0 Å². The molecule has 1 aromatic carbocycles. The molecular formula is C20H30Cl2N4O. The van der Waals surface area contributed by atoms with Crippen LogP contribution in [0.5, 0.6) is 0 Å². The summed E-state index contributed by atoms with van der Waals surface area (Å²) in [5.74, 6) is 0.105. The van der Waals surface area contributed by atoms with Crippen LogP contribution in [0.4, 0.5) is 0 Å². The second-order valence-electron chi connectivity index (χ2n) is 7.30. The van der Waals surface area contributed by atoms with E-state index in [4.69, 9.17) is 5.73 Å². The molecule has 0 radical (unpaired) electrons. The first kappa shape index (κ1) is 23.5. The Bertz CT molecular complexity index is 700. The Balaban J connectivity index is 0.00000182. The van der Waals surface area contributed by atoms with Gasteiger partial charge in [-0.3, -0.25) is 4.79 Å². The normalized spacial score (nSPS) is 16.5. The first-order chi connectivity index (χ1) is 12.1. The van der Waals surface area contributed by atoms with Gasteiger partial charge in [0.15, 0.2) is 0 Å². The predicted octanol–water partition coefficient (Wildman–Crippen LogP) is 4.19. The van der Waals surface area contributed by atoms with Crippen molar-refractivity contribution in [3.8, 4) is 5.69 Å². The van der Waals surface area contributed by atoms with Crippen molar-refractivity contribution in [1.82, 2.24) is 14.9 Å². The summed E-state index contributed by atoms with van der Waals surface area (Å²) in [7, 11) is 0. The zero-order chi connectivity index (χ0) is 17.7. The van der Waals surface area contributed by atoms with Crippen molar-refractivity contribution in [2.75, 3.05) is 6.54 Å². The SMILES string of the molecule is CC(NC(=O)CC1(CN)CCCCC1)c1cccc(-n2ccnc2)c1.Cl.Cl. The summed E-state index contributed by atoms with van der Waals surface area (Å²) in [4.78, 5) is 16.7. The van der Waals surface area contributed by atoms with Crippen LogP contribution < -0.4 is 11.1 Å². The molecule has 1 aromatic heterocycles. The van der Waals surface area contributed by atoms with Gasteiger partial charge in [0.25, 0.3) is 0 Å². The van der Waals surface area contributed by atoms with E-state index >= 15 is 0 Å². The molecule has 0 saturated heterocycles. The van der Waals surface area contributed by atoms with Crippen LogP contribution in [-0.2, 0) is 4.79 Å². The minimum atomic E-state index is -0.0330. The summed E-state index contributed by atoms with van der Waals surface area (Å²) in [6.07, 6.45) is 11.8. The van der Waals surface area contributed by atoms with E-state index in [2.05, 4.69) is 16.4 Å². The summed E-state index contributed by atoms with van der Waals surface area (Å²) in [6.45, 7) is 2.63. The van der Waals surface area contributed by atoms with Gasteiger partial charge in [-0.25, -0.2) is 4.98 Å². The van der Waals surface area contributed by atoms with Gasteiger partial charge in [-0.1, -0.05) is 31.4 Å². The lowest BCUT2D eigenvalue weighted by molar-refractivity contribution is -0.124. The van der Waals surface area contributed by atoms with E-state index in [9.17, 15) is 4.79 Å². The molecule has 0 aliphatic heterocycles. The zero-order valence-electron chi connectivity index (χ0n) is 15.8. The van der Waals surface area contributed by atoms with Gasteiger partial charge in [-0.15, -0.1) is 24.8 Å². The smallest absolute Gasteiger partial charge is 0.221 e. The van der Waals surface area contributed by atoms with E-state index in [-0.39, 0.29) is 42.2 Å². The number of imidazole rings is 1. The molecule has 5 nitrogen and oxygen atoms in total. The lowest BCUT2D eigenvalue weighted by Crippen LogP contribution is -2.39. The number of carbonyl (C=O) groups excluding carboxylic acids is 1. The fraction of sp³-hybridized carbons (Fsp3) is 0.500. The van der Waals surface area contributed by atoms with Crippen LogP contribution in [-0.4, -0.2) is 22.0 Å². The fourth-order valence-corrected chi connectivity index (χ4v) is 3.84. The Hall–Kier alpha value is -1.56. The molecule has 1 unspecified atom stereocenters. The van der Waals surface area contributed by atoms with Crippen LogP contribution >= 0.6 is 24.8 Å². The number of rotatable bonds is 6. The van der Waals surface area contributed by atoms with Crippen molar-refractivity contribution in [1.29, 1.82) is 0 Å². The van der Waals surface area contributed by atoms with Gasteiger partial charge in [0.1, 0.15) is 0 Å². The van der Waals surface area contributed by atoms with Crippen molar-refractivity contribution in [2.24, 2.45) is 11.1 Å². The number of hydrogen-bond acceptors (Lipinski definition) is 3. The highest BCUT2D eigenvalue weighted by Gasteiger charge is 2.33. The highest BCUT2D eigenvalue weighted by atomic mass is 35.5. The van der Waals surface area contributed by atoms with Gasteiger partial charge < -0.3 is 15.6 Å². The van der Waals surface area contributed by atoms with Gasteiger partial charge >= 0.3 is 0 Å². The van der Waals surface area contributed by atoms with Crippen molar-refractivity contribution < 1.29 is 4.79 Å². The number of aromatic nitrogens is 2. The quantitative estimate of drug-likeness (QED) is 0.746. The third-order valence-electron chi connectivity index (χ3n) is 5.43. The molecule has 1 fully saturated rings. The van der Waals surface area contributed by atoms with E-state index in [0.717, 1.165) is 24.1 Å². The first-order valence-corrected chi connectivity index (χ1v) is 9.20. The number of nitrogens with two attached hydrogens (primary N) is 1. The zero-order valence-corrected chi connectivity index (χ0v) is 17.4. The number of halogens is 2. The van der Waals surface area contributed by atoms with Gasteiger partial charge in [0.2, 0.25) is 5.91 Å². The number of carbonyl (C=O) groups is 1. The maximum absolute atomic E-state index is 12.6. The highest BCUT2D eigenvalue weighted by molar-refractivity contribution is 5.85. The van der Waals surface area contributed by atoms with E-state index < -0.39 is 0 Å². The molecule has 3 rings (SSSR count). The molecule has 150 valence electrons. The van der Waals surface area contributed by atoms with E-state index in [1.807, 2.05) is 35.9 Å². The molecule has 1 amide bonds. The molecule has 1 aliphatic rings. The average molecular weight is 413 g/mol. The maximum atomic E-state index is 12.6. The largest absolute Gasteiger partial charge is 0.350 e. The third-order valence-corrected chi connectivity index (χ3v) is 5.43. The summed E-state index contributed by atoms with van der Waals surface area (Å²) >= 11 is 0. The Morgan fingerprint density at radius 1 is 1.30 bits per heavy atom. The highest BCUT2D eigenvalue weighted by Crippen LogP contribution is 2.38. The Morgan fingerprint density at radius 2 is 2.04 bits per heavy atom. The molecule has 3 N–H and O–H groups in total. The summed E-state index contributed by atoms with van der Waals surface area (Å²) in [5.41, 5.74) is 8.15. The summed E-state index contributed by atoms with van der Waals surface area (Å²) in [5, 5.41) is 3.16. The minimum absolute atomic E-state index is 0. The molecule has 1 saturated carbocycles. The molecule has 7 heteroatoms. The molecule has 27 heavy (non-hydrogen) atoms. The van der Waals surface area contributed by atoms with Gasteiger partial charge in [0, 0.05) is 24.5 Å². The number of nitrogens with one attached hydrogen (secondary N) is 1. The van der Waals surface area contributed by atoms with E-state index in [0.29, 0.717) is 13.0 Å². The molecule has 0 spiro atoms. The number of nitrogens with zero attached hydrogens (tertiary/aromatic N) is 2. The molecule has 0 bridgehead atoms. The average Bonchev–Trinajstić information content (AvgIpc) is 3.17. The predicted molar refractivity (Wildman–Crippen MR) is 114 cm³/mol. The van der Waals surface area contributed by atoms with Crippen LogP contribution in [0.3, 0.4) is 0 Å². The minimum Gasteiger partial charge on any atom is -0.350 e. The second kappa shape index (κ2) is 10.7. The van der Waals surface area contributed by atoms with Crippen molar-refractivity contribution in [2.45, 2.75) is 51.5 Å². The third kappa shape index (κ3) is 5.96. The van der Waals surface area contributed by atoms with Crippen LogP contribution in [0.2, 0.25) is 0 Å². The Morgan fingerprint density at radius 3 is 2.67 bits per heavy atom. The fourth-order valence-electron chi connectivity index (χ4n) is 3.84. The standard InChI is InChI=1S/C20H28N4O.2ClH/c1-16(17-6-5-7-18(12-17)24-11-10-22-15-24)23-19(25)13-20(14-21)8-3-2-4-9-20;;/h5-7,10-12,15-16H,2-4,8-9,13-14,21H2,1H3,(H,23,25);2*1H. The molecule has 2 aromatic rings. The lowest BCUT2D eigenvalue weighted by atomic mass is 9.71. The van der Waals surface area contributed by atoms with Crippen molar-refractivity contribution >= 4 is 30.7 Å². The second-order valence-corrected chi connectivity index (χ2v) is 7.30. The Kier molecular flexibility index (Phi) is 9.30. The molecule has 1 heterocycles. The van der Waals surface area contributed by atoms with E-state index in [1.54, 1.807) is 12.5 Å². The van der Waals surface area contributed by atoms with Crippen LogP contribution in [0.25, 0.3) is 5.69 Å². The van der Waals surface area contributed by atoms with Crippen LogP contribution in [0, 0.1) is 5.41 Å². The summed E-state index contributed by atoms with van der Waals surface area (Å²) in [6, 6.07) is 8.15. The van der Waals surface area contributed by atoms with Gasteiger partial charge in [-0.2, -0.15) is 0 Å². The van der Waals surface area contributed by atoms with Gasteiger partial charge in [-0.05, 0) is 49.4 Å². The first-order valence-electron chi connectivity index (χ1n) is 9.20. The van der Waals surface area contributed by atoms with E-state index in [1.165, 1.54) is 19.3 Å². The number of hydrogen-bond donors (Lipinski definition) is 2. The monoisotopic (exact) mass is 412 g/mol. The lowest BCUT2D eigenvalue weighted by Gasteiger charge is -2.36. The van der Waals surface area contributed by atoms with Gasteiger partial charge in [0.05, 0.1) is 12.4 Å². The Labute approximate surface area is 173 Å². The van der Waals surface area contributed by atoms with Crippen LogP contribution in [0.1, 0.15) is 57.1 Å². The van der Waals surface area contributed by atoms with Crippen LogP contribution in [0.15, 0.2) is 43.0 Å². The molecule has 1 aliphatic carbocycles.